The van der Waals surface area contributed by atoms with Crippen LogP contribution in [-0.4, -0.2) is 30.6 Å². The van der Waals surface area contributed by atoms with Gasteiger partial charge >= 0.3 is 31.8 Å². The Bertz CT molecular complexity index is 984. The first kappa shape index (κ1) is 36.6. The van der Waals surface area contributed by atoms with Crippen molar-refractivity contribution in [3.05, 3.63) is 56.4 Å². The van der Waals surface area contributed by atoms with Gasteiger partial charge < -0.3 is 25.4 Å². The van der Waals surface area contributed by atoms with Gasteiger partial charge in [-0.3, -0.25) is 0 Å². The first-order valence-corrected chi connectivity index (χ1v) is 13.3. The smallest absolute Gasteiger partial charge is 0.723 e. The van der Waals surface area contributed by atoms with E-state index >= 15 is 0 Å². The van der Waals surface area contributed by atoms with Crippen molar-refractivity contribution >= 4 is 119 Å². The first-order chi connectivity index (χ1) is 16.0. The Kier molecular flexibility index (Phi) is 16.3. The summed E-state index contributed by atoms with van der Waals surface area (Å²) in [6.45, 7) is 1.91. The van der Waals surface area contributed by atoms with Crippen LogP contribution in [0.15, 0.2) is 61.1 Å². The number of amidine groups is 2. The van der Waals surface area contributed by atoms with E-state index in [1.807, 2.05) is 0 Å². The molecule has 0 fully saturated rings. The van der Waals surface area contributed by atoms with E-state index in [9.17, 15) is 26.3 Å². The summed E-state index contributed by atoms with van der Waals surface area (Å²) in [5, 5.41) is 11.6. The molecule has 0 aliphatic rings. The standard InChI is InChI=1S/C16H4Br6F6N3.C2H6O2.Zn/c17-5-1-7(19)11(8(20)2-5)29-13(15(23,24)25)31-14(16(26,27)28)30-12-9(21)3-6(18)4-10(12)22;1-2-4-3;/h1-4H;3H,2H2,1H3;/q-1;;+2/p-1. The monoisotopic (exact) mass is 950 g/mol. The van der Waals surface area contributed by atoms with Gasteiger partial charge in [-0.25, -0.2) is 0 Å². The van der Waals surface area contributed by atoms with Crippen molar-refractivity contribution in [3.63, 3.8) is 0 Å². The summed E-state index contributed by atoms with van der Waals surface area (Å²) >= 11 is 18.4. The summed E-state index contributed by atoms with van der Waals surface area (Å²) in [6.07, 6.45) is -10.6. The molecule has 0 atom stereocenters. The summed E-state index contributed by atoms with van der Waals surface area (Å²) in [7, 11) is 0. The molecule has 0 amide bonds. The number of hydrogen-bond donors (Lipinski definition) is 0. The van der Waals surface area contributed by atoms with E-state index in [-0.39, 0.29) is 55.4 Å². The van der Waals surface area contributed by atoms with Gasteiger partial charge in [-0.05, 0) is 94.9 Å². The molecule has 0 radical (unpaired) electrons. The predicted molar refractivity (Wildman–Crippen MR) is 140 cm³/mol. The molecule has 194 valence electrons. The molecule has 0 N–H and O–H groups in total. The molecule has 0 aliphatic heterocycles. The number of alkyl halides is 6. The molecule has 0 saturated heterocycles. The fraction of sp³-hybridized carbons (Fsp3) is 0.222. The second-order valence-electron chi connectivity index (χ2n) is 5.82. The molecule has 2 rings (SSSR count). The van der Waals surface area contributed by atoms with Gasteiger partial charge in [0.25, 0.3) is 0 Å². The van der Waals surface area contributed by atoms with Crippen molar-refractivity contribution in [1.82, 2.24) is 0 Å². The average Bonchev–Trinajstić information content (AvgIpc) is 2.69. The molecule has 0 bridgehead atoms. The Labute approximate surface area is 264 Å². The molecular formula is C18H9Br6F6N3O2Zn. The molecule has 2 aromatic rings. The normalized spacial score (nSPS) is 12.5. The van der Waals surface area contributed by atoms with Crippen LogP contribution >= 0.6 is 95.6 Å². The number of aliphatic imine (C=N–C) groups is 2. The first-order valence-electron chi connectivity index (χ1n) is 8.58. The van der Waals surface area contributed by atoms with E-state index < -0.39 is 24.0 Å². The second kappa shape index (κ2) is 16.0. The van der Waals surface area contributed by atoms with E-state index in [0.717, 1.165) is 0 Å². The topological polar surface area (TPSA) is 71.1 Å². The maximum Gasteiger partial charge on any atom is 2.00 e. The number of rotatable bonds is 3. The minimum Gasteiger partial charge on any atom is -0.723 e. The van der Waals surface area contributed by atoms with Crippen molar-refractivity contribution in [2.45, 2.75) is 19.3 Å². The van der Waals surface area contributed by atoms with Crippen LogP contribution in [0.2, 0.25) is 0 Å². The van der Waals surface area contributed by atoms with Gasteiger partial charge in [0.05, 0.1) is 11.7 Å². The van der Waals surface area contributed by atoms with Crippen LogP contribution in [0.3, 0.4) is 0 Å². The predicted octanol–water partition coefficient (Wildman–Crippen LogP) is 9.82. The van der Waals surface area contributed by atoms with Gasteiger partial charge in [0.15, 0.2) is 0 Å². The molecule has 0 spiro atoms. The zero-order valence-corrected chi connectivity index (χ0v) is 29.9. The molecule has 5 nitrogen and oxygen atoms in total. The van der Waals surface area contributed by atoms with Gasteiger partial charge in [0, 0.05) is 44.8 Å². The van der Waals surface area contributed by atoms with Crippen LogP contribution in [0.25, 0.3) is 5.32 Å². The Morgan fingerprint density at radius 2 is 1.00 bits per heavy atom. The fourth-order valence-electron chi connectivity index (χ4n) is 1.90. The quantitative estimate of drug-likeness (QED) is 0.0769. The molecule has 2 aromatic carbocycles. The van der Waals surface area contributed by atoms with Gasteiger partial charge in [0.1, 0.15) is 0 Å². The Hall–Kier alpha value is 0.583. The Morgan fingerprint density at radius 1 is 0.750 bits per heavy atom. The van der Waals surface area contributed by atoms with E-state index in [2.05, 4.69) is 116 Å². The SMILES string of the molecule is CCO[O-].FC(F)(F)C(=Nc1c(Br)cc(Br)cc1Br)[N-]C(=Nc1c(Br)cc(Br)cc1Br)C(F)(F)F.[Zn+2]. The third-order valence-electron chi connectivity index (χ3n) is 3.24. The summed E-state index contributed by atoms with van der Waals surface area (Å²) in [6, 6.07) is 5.53. The van der Waals surface area contributed by atoms with Crippen LogP contribution < -0.4 is 5.26 Å². The number of hydrogen-bond acceptors (Lipinski definition) is 4. The summed E-state index contributed by atoms with van der Waals surface area (Å²) in [4.78, 5) is 9.94. The summed E-state index contributed by atoms with van der Waals surface area (Å²) in [5.41, 5.74) is -0.599. The average molecular weight is 958 g/mol. The summed E-state index contributed by atoms with van der Waals surface area (Å²) in [5.74, 6) is -4.06. The molecular weight excluding hydrogens is 949 g/mol. The molecule has 0 aromatic heterocycles. The van der Waals surface area contributed by atoms with Gasteiger partial charge in [0.2, 0.25) is 0 Å². The van der Waals surface area contributed by atoms with E-state index in [1.165, 1.54) is 24.3 Å². The van der Waals surface area contributed by atoms with Gasteiger partial charge in [-0.1, -0.05) is 31.9 Å². The van der Waals surface area contributed by atoms with Crippen molar-refractivity contribution in [1.29, 1.82) is 0 Å². The van der Waals surface area contributed by atoms with E-state index in [4.69, 9.17) is 5.26 Å². The van der Waals surface area contributed by atoms with Crippen molar-refractivity contribution in [3.8, 4) is 0 Å². The van der Waals surface area contributed by atoms with Crippen LogP contribution in [0.1, 0.15) is 6.92 Å². The fourth-order valence-corrected chi connectivity index (χ4v) is 6.77. The minimum absolute atomic E-state index is 0. The molecule has 0 heterocycles. The van der Waals surface area contributed by atoms with Crippen molar-refractivity contribution in [2.75, 3.05) is 6.61 Å². The molecule has 36 heavy (non-hydrogen) atoms. The minimum atomic E-state index is -5.30. The maximum atomic E-state index is 13.5. The molecule has 0 saturated carbocycles. The van der Waals surface area contributed by atoms with Crippen molar-refractivity contribution in [2.24, 2.45) is 9.98 Å². The maximum absolute atomic E-state index is 13.5. The number of halogens is 12. The summed E-state index contributed by atoms with van der Waals surface area (Å²) < 4.78 is 82.6. The molecule has 18 heteroatoms. The zero-order valence-electron chi connectivity index (χ0n) is 17.4. The Balaban J connectivity index is 0.00000227. The largest absolute Gasteiger partial charge is 2.00 e. The number of benzene rings is 2. The third kappa shape index (κ3) is 11.8. The molecule has 0 unspecified atom stereocenters. The van der Waals surface area contributed by atoms with E-state index in [0.29, 0.717) is 8.95 Å². The van der Waals surface area contributed by atoms with Gasteiger partial charge in [-0.15, -0.1) is 0 Å². The van der Waals surface area contributed by atoms with Crippen LogP contribution in [0.4, 0.5) is 37.7 Å². The zero-order chi connectivity index (χ0) is 27.1. The third-order valence-corrected chi connectivity index (χ3v) is 6.57. The van der Waals surface area contributed by atoms with Crippen molar-refractivity contribution < 1.29 is 56.0 Å². The second-order valence-corrected chi connectivity index (χ2v) is 11.1. The van der Waals surface area contributed by atoms with Gasteiger partial charge in [-0.2, -0.15) is 26.3 Å². The van der Waals surface area contributed by atoms with Crippen LogP contribution in [0.5, 0.6) is 0 Å². The van der Waals surface area contributed by atoms with E-state index in [1.54, 1.807) is 6.92 Å². The Morgan fingerprint density at radius 3 is 1.19 bits per heavy atom. The van der Waals surface area contributed by atoms with Crippen LogP contribution in [-0.2, 0) is 24.4 Å². The van der Waals surface area contributed by atoms with Crippen LogP contribution in [0, 0.1) is 0 Å². The number of nitrogens with zero attached hydrogens (tertiary/aromatic N) is 3. The molecule has 0 aliphatic carbocycles.